The summed E-state index contributed by atoms with van der Waals surface area (Å²) in [5, 5.41) is 28.9. The van der Waals surface area contributed by atoms with E-state index in [1.54, 1.807) is 6.20 Å². The molecule has 1 saturated carbocycles. The van der Waals surface area contributed by atoms with E-state index in [0.29, 0.717) is 25.3 Å². The number of carbonyl (C=O) groups excluding carboxylic acids is 3. The van der Waals surface area contributed by atoms with E-state index in [1.807, 2.05) is 43.7 Å². The van der Waals surface area contributed by atoms with E-state index < -0.39 is 30.5 Å². The molecule has 5 N–H and O–H groups in total. The Hall–Kier alpha value is -6.24. The van der Waals surface area contributed by atoms with Crippen molar-refractivity contribution in [3.63, 3.8) is 0 Å². The lowest BCUT2D eigenvalue weighted by Crippen LogP contribution is -2.54. The number of nitriles is 1. The molecule has 5 aromatic rings. The molecule has 15 nitrogen and oxygen atoms in total. The van der Waals surface area contributed by atoms with Gasteiger partial charge in [0.1, 0.15) is 23.9 Å². The number of alkyl carbamates (subject to hydrolysis) is 2. The van der Waals surface area contributed by atoms with Crippen LogP contribution < -0.4 is 10.6 Å². The second kappa shape index (κ2) is 17.3. The van der Waals surface area contributed by atoms with Gasteiger partial charge in [0.05, 0.1) is 68.1 Å². The molecule has 8 rings (SSSR count). The lowest BCUT2D eigenvalue weighted by molar-refractivity contribution is -0.135. The molecule has 2 aromatic heterocycles. The van der Waals surface area contributed by atoms with Crippen LogP contribution in [0.4, 0.5) is 9.59 Å². The summed E-state index contributed by atoms with van der Waals surface area (Å²) in [4.78, 5) is 58.3. The zero-order chi connectivity index (χ0) is 43.9. The second-order valence-corrected chi connectivity index (χ2v) is 17.9. The van der Waals surface area contributed by atoms with Crippen LogP contribution in [0.3, 0.4) is 0 Å². The van der Waals surface area contributed by atoms with Crippen LogP contribution in [0.25, 0.3) is 44.4 Å². The van der Waals surface area contributed by atoms with Crippen LogP contribution >= 0.6 is 0 Å². The van der Waals surface area contributed by atoms with Gasteiger partial charge in [0.25, 0.3) is 0 Å². The number of carbonyl (C=O) groups is 3. The Balaban J connectivity index is 0.961. The molecule has 1 spiro atoms. The highest BCUT2D eigenvalue weighted by atomic mass is 16.5. The SMILES string of the molecule is COC(=O)N[C@@H](C(C)C)C(O)N1C[C@@H](C#N)C[C@H]1c1ncc(-c2ccc3cc(-c4ccc(-c5cnc([C@@H]6CC7(CC7)CN6C(=O)[C@@H](NC(=O)OC)C(C)C)[nH]5)cc4)ccc3c2)[nH]1. The summed E-state index contributed by atoms with van der Waals surface area (Å²) in [7, 11) is 2.59. The zero-order valence-electron chi connectivity index (χ0n) is 36.0. The maximum atomic E-state index is 13.9. The van der Waals surface area contributed by atoms with Gasteiger partial charge in [-0.1, -0.05) is 76.2 Å². The predicted molar refractivity (Wildman–Crippen MR) is 233 cm³/mol. The quantitative estimate of drug-likeness (QED) is 0.0848. The molecular weight excluding hydrogens is 787 g/mol. The van der Waals surface area contributed by atoms with Gasteiger partial charge in [-0.2, -0.15) is 5.26 Å². The van der Waals surface area contributed by atoms with E-state index in [1.165, 1.54) is 14.2 Å². The van der Waals surface area contributed by atoms with Gasteiger partial charge >= 0.3 is 12.2 Å². The summed E-state index contributed by atoms with van der Waals surface area (Å²) in [6, 6.07) is 21.5. The zero-order valence-corrected chi connectivity index (χ0v) is 36.0. The number of aromatic amines is 2. The lowest BCUT2D eigenvalue weighted by atomic mass is 9.98. The number of imidazole rings is 2. The van der Waals surface area contributed by atoms with Crippen LogP contribution in [0, 0.1) is 34.5 Å². The van der Waals surface area contributed by atoms with Crippen LogP contribution in [0.2, 0.25) is 0 Å². The van der Waals surface area contributed by atoms with Gasteiger partial charge in [0.15, 0.2) is 0 Å². The Morgan fingerprint density at radius 1 is 0.806 bits per heavy atom. The van der Waals surface area contributed by atoms with E-state index in [-0.39, 0.29) is 41.2 Å². The minimum absolute atomic E-state index is 0.0977. The summed E-state index contributed by atoms with van der Waals surface area (Å²) in [5.41, 5.74) is 5.89. The van der Waals surface area contributed by atoms with Crippen molar-refractivity contribution in [2.45, 2.75) is 83.8 Å². The summed E-state index contributed by atoms with van der Waals surface area (Å²) in [6.45, 7) is 8.66. The Labute approximate surface area is 361 Å². The van der Waals surface area contributed by atoms with Crippen molar-refractivity contribution in [2.24, 2.45) is 23.2 Å². The summed E-state index contributed by atoms with van der Waals surface area (Å²) < 4.78 is 9.62. The number of rotatable bonds is 12. The molecular formula is C47H55N9O6. The highest BCUT2D eigenvalue weighted by molar-refractivity contribution is 5.91. The predicted octanol–water partition coefficient (Wildman–Crippen LogP) is 7.31. The first kappa shape index (κ1) is 42.5. The fraction of sp³-hybridized carbons (Fsp3) is 0.447. The van der Waals surface area contributed by atoms with Crippen molar-refractivity contribution in [1.29, 1.82) is 5.26 Å². The maximum Gasteiger partial charge on any atom is 0.407 e. The smallest absolute Gasteiger partial charge is 0.407 e. The van der Waals surface area contributed by atoms with Gasteiger partial charge < -0.3 is 40.1 Å². The average molecular weight is 842 g/mol. The number of H-pyrrole nitrogens is 2. The number of hydrogen-bond acceptors (Lipinski definition) is 10. The Morgan fingerprint density at radius 2 is 1.37 bits per heavy atom. The minimum atomic E-state index is -1.06. The standard InChI is InChI=1S/C47H55N9O6/c1-26(2)39(53-45(59)61-5)43(57)55-24-28(21-48)17-37(55)41-49-23-36(52-41)34-14-13-32-18-31(11-12-33(32)19-34)29-7-9-30(10-8-29)35-22-50-42(51-35)38-20-47(15-16-47)25-56(38)44(58)40(27(3)4)54-46(60)62-6/h7-14,18-19,22-23,26-28,37-40,43,57H,15-17,20,24-25H2,1-6H3,(H,49,52)(H,50,51)(H,53,59)(H,54,60)/t28-,37+,38+,39+,40+,43?/m1/s1. The first-order valence-corrected chi connectivity index (χ1v) is 21.4. The number of aromatic nitrogens is 4. The summed E-state index contributed by atoms with van der Waals surface area (Å²) in [5.74, 6) is 0.771. The van der Waals surface area contributed by atoms with Crippen molar-refractivity contribution in [2.75, 3.05) is 27.3 Å². The van der Waals surface area contributed by atoms with Crippen molar-refractivity contribution < 1.29 is 29.0 Å². The number of nitrogens with one attached hydrogen (secondary N) is 4. The first-order chi connectivity index (χ1) is 29.8. The molecule has 2 saturated heterocycles. The molecule has 3 amide bonds. The molecule has 4 heterocycles. The molecule has 3 aliphatic rings. The van der Waals surface area contributed by atoms with E-state index in [9.17, 15) is 24.8 Å². The third kappa shape index (κ3) is 8.49. The molecule has 15 heteroatoms. The molecule has 62 heavy (non-hydrogen) atoms. The monoisotopic (exact) mass is 841 g/mol. The number of hydrogen-bond donors (Lipinski definition) is 5. The molecule has 324 valence electrons. The largest absolute Gasteiger partial charge is 0.453 e. The normalized spacial score (nSPS) is 20.9. The van der Waals surface area contributed by atoms with Gasteiger partial charge in [-0.05, 0) is 82.5 Å². The van der Waals surface area contributed by atoms with Gasteiger partial charge in [0.2, 0.25) is 5.91 Å². The third-order valence-electron chi connectivity index (χ3n) is 13.0. The van der Waals surface area contributed by atoms with Crippen LogP contribution in [-0.2, 0) is 14.3 Å². The second-order valence-electron chi connectivity index (χ2n) is 17.9. The van der Waals surface area contributed by atoms with Crippen LogP contribution in [0.15, 0.2) is 73.1 Å². The number of benzene rings is 3. The van der Waals surface area contributed by atoms with Gasteiger partial charge in [0, 0.05) is 18.7 Å². The fourth-order valence-corrected chi connectivity index (χ4v) is 9.19. The molecule has 6 atom stereocenters. The van der Waals surface area contributed by atoms with Gasteiger partial charge in [-0.25, -0.2) is 19.6 Å². The van der Waals surface area contributed by atoms with Crippen LogP contribution in [-0.4, -0.2) is 98.6 Å². The van der Waals surface area contributed by atoms with Gasteiger partial charge in [-0.15, -0.1) is 0 Å². The van der Waals surface area contributed by atoms with Crippen LogP contribution in [0.5, 0.6) is 0 Å². The topological polar surface area (TPSA) is 202 Å². The number of aliphatic hydroxyl groups excluding tert-OH is 1. The molecule has 1 aliphatic carbocycles. The lowest BCUT2D eigenvalue weighted by Gasteiger charge is -2.35. The van der Waals surface area contributed by atoms with Gasteiger partial charge in [-0.3, -0.25) is 9.69 Å². The summed E-state index contributed by atoms with van der Waals surface area (Å²) in [6.07, 6.45) is 4.81. The molecule has 2 aliphatic heterocycles. The Kier molecular flexibility index (Phi) is 11.8. The number of methoxy groups -OCH3 is 2. The molecule has 1 unspecified atom stereocenters. The number of likely N-dealkylation sites (tertiary alicyclic amines) is 2. The Bertz CT molecular complexity index is 2480. The number of nitrogens with zero attached hydrogens (tertiary/aromatic N) is 5. The van der Waals surface area contributed by atoms with Crippen molar-refractivity contribution in [3.05, 3.63) is 84.7 Å². The first-order valence-electron chi connectivity index (χ1n) is 21.4. The molecule has 0 radical (unpaired) electrons. The highest BCUT2D eigenvalue weighted by Gasteiger charge is 2.55. The average Bonchev–Trinajstić information content (AvgIpc) is 3.78. The maximum absolute atomic E-state index is 13.9. The molecule has 0 bridgehead atoms. The number of ether oxygens (including phenoxy) is 2. The van der Waals surface area contributed by atoms with Crippen molar-refractivity contribution >= 4 is 28.9 Å². The molecule has 3 aromatic carbocycles. The van der Waals surface area contributed by atoms with Crippen LogP contribution in [0.1, 0.15) is 77.1 Å². The van der Waals surface area contributed by atoms with E-state index >= 15 is 0 Å². The third-order valence-corrected chi connectivity index (χ3v) is 13.0. The minimum Gasteiger partial charge on any atom is -0.453 e. The molecule has 3 fully saturated rings. The highest BCUT2D eigenvalue weighted by Crippen LogP contribution is 2.58. The van der Waals surface area contributed by atoms with Crippen molar-refractivity contribution in [3.8, 4) is 39.7 Å². The number of aliphatic hydroxyl groups is 1. The van der Waals surface area contributed by atoms with E-state index in [4.69, 9.17) is 19.4 Å². The number of fused-ring (bicyclic) bond motifs is 1. The summed E-state index contributed by atoms with van der Waals surface area (Å²) >= 11 is 0. The van der Waals surface area contributed by atoms with E-state index in [2.05, 4.69) is 87.3 Å². The Morgan fingerprint density at radius 3 is 1.97 bits per heavy atom. The fourth-order valence-electron chi connectivity index (χ4n) is 9.19. The number of amides is 3. The van der Waals surface area contributed by atoms with Crippen molar-refractivity contribution in [1.82, 2.24) is 40.4 Å². The van der Waals surface area contributed by atoms with E-state index in [0.717, 1.165) is 69.5 Å².